The van der Waals surface area contributed by atoms with Crippen molar-refractivity contribution in [2.24, 2.45) is 0 Å². The lowest BCUT2D eigenvalue weighted by Crippen LogP contribution is -2.37. The molecule has 118 valence electrons. The maximum atomic E-state index is 12.6. The van der Waals surface area contributed by atoms with Crippen molar-refractivity contribution in [2.75, 3.05) is 20.2 Å². The summed E-state index contributed by atoms with van der Waals surface area (Å²) in [7, 11) is -2.23. The van der Waals surface area contributed by atoms with Crippen molar-refractivity contribution in [3.05, 3.63) is 26.7 Å². The monoisotopic (exact) mass is 415 g/mol. The van der Waals surface area contributed by atoms with Crippen LogP contribution in [0.15, 0.2) is 21.5 Å². The third-order valence-electron chi connectivity index (χ3n) is 3.37. The van der Waals surface area contributed by atoms with E-state index in [4.69, 9.17) is 27.9 Å². The van der Waals surface area contributed by atoms with Crippen LogP contribution in [0, 0.1) is 0 Å². The molecule has 0 bridgehead atoms. The van der Waals surface area contributed by atoms with Crippen LogP contribution in [0.2, 0.25) is 10.0 Å². The molecule has 1 atom stereocenters. The third-order valence-corrected chi connectivity index (χ3v) is 6.57. The summed E-state index contributed by atoms with van der Waals surface area (Å²) in [6.45, 7) is 0.976. The van der Waals surface area contributed by atoms with E-state index in [1.165, 1.54) is 23.5 Å². The number of hydrogen-bond donors (Lipinski definition) is 0. The number of likely N-dealkylation sites (N-methyl/N-ethyl adjacent to an activating group) is 1. The van der Waals surface area contributed by atoms with Crippen molar-refractivity contribution in [3.8, 4) is 0 Å². The van der Waals surface area contributed by atoms with Crippen LogP contribution in [0.1, 0.15) is 19.3 Å². The first kappa shape index (κ1) is 17.5. The van der Waals surface area contributed by atoms with Gasteiger partial charge in [0.05, 0.1) is 16.1 Å². The van der Waals surface area contributed by atoms with Crippen LogP contribution in [0.3, 0.4) is 0 Å². The molecule has 1 unspecified atom stereocenters. The summed E-state index contributed by atoms with van der Waals surface area (Å²) < 4.78 is 32.8. The molecule has 0 radical (unpaired) electrons. The fourth-order valence-electron chi connectivity index (χ4n) is 2.27. The van der Waals surface area contributed by atoms with Crippen LogP contribution in [0.5, 0.6) is 0 Å². The van der Waals surface area contributed by atoms with Gasteiger partial charge in [-0.1, -0.05) is 39.1 Å². The zero-order valence-electron chi connectivity index (χ0n) is 11.5. The van der Waals surface area contributed by atoms with Gasteiger partial charge in [0.15, 0.2) is 0 Å². The highest BCUT2D eigenvalue weighted by molar-refractivity contribution is 9.10. The van der Waals surface area contributed by atoms with E-state index >= 15 is 0 Å². The number of halogens is 3. The lowest BCUT2D eigenvalue weighted by Gasteiger charge is -2.27. The van der Waals surface area contributed by atoms with Crippen LogP contribution in [0.4, 0.5) is 0 Å². The second kappa shape index (κ2) is 7.15. The Morgan fingerprint density at radius 2 is 1.95 bits per heavy atom. The zero-order chi connectivity index (χ0) is 15.6. The minimum atomic E-state index is -3.75. The zero-order valence-corrected chi connectivity index (χ0v) is 15.4. The Labute approximate surface area is 143 Å². The first-order valence-electron chi connectivity index (χ1n) is 6.55. The van der Waals surface area contributed by atoms with Gasteiger partial charge in [-0.05, 0) is 31.4 Å². The van der Waals surface area contributed by atoms with Gasteiger partial charge in [0.25, 0.3) is 0 Å². The van der Waals surface area contributed by atoms with Crippen molar-refractivity contribution < 1.29 is 13.2 Å². The molecule has 0 amide bonds. The molecular formula is C13H16BrCl2NO3S. The molecule has 0 saturated carbocycles. The number of rotatable bonds is 4. The molecule has 1 fully saturated rings. The van der Waals surface area contributed by atoms with Gasteiger partial charge in [-0.25, -0.2) is 8.42 Å². The normalized spacial score (nSPS) is 20.0. The first-order valence-corrected chi connectivity index (χ1v) is 9.53. The van der Waals surface area contributed by atoms with E-state index in [-0.39, 0.29) is 21.0 Å². The number of hydrogen-bond acceptors (Lipinski definition) is 3. The second-order valence-electron chi connectivity index (χ2n) is 4.97. The van der Waals surface area contributed by atoms with Crippen molar-refractivity contribution in [1.29, 1.82) is 0 Å². The highest BCUT2D eigenvalue weighted by Crippen LogP contribution is 2.34. The van der Waals surface area contributed by atoms with Crippen molar-refractivity contribution in [3.63, 3.8) is 0 Å². The Morgan fingerprint density at radius 1 is 1.33 bits per heavy atom. The lowest BCUT2D eigenvalue weighted by molar-refractivity contribution is 0.00858. The quantitative estimate of drug-likeness (QED) is 0.746. The average Bonchev–Trinajstić information content (AvgIpc) is 2.38. The predicted octanol–water partition coefficient (Wildman–Crippen LogP) is 3.95. The van der Waals surface area contributed by atoms with Gasteiger partial charge in [-0.2, -0.15) is 4.31 Å². The molecule has 1 saturated heterocycles. The highest BCUT2D eigenvalue weighted by atomic mass is 79.9. The molecule has 1 heterocycles. The largest absolute Gasteiger partial charge is 0.377 e. The van der Waals surface area contributed by atoms with E-state index in [2.05, 4.69) is 15.9 Å². The van der Waals surface area contributed by atoms with E-state index in [9.17, 15) is 8.42 Å². The summed E-state index contributed by atoms with van der Waals surface area (Å²) >= 11 is 15.3. The van der Waals surface area contributed by atoms with Gasteiger partial charge in [0.2, 0.25) is 10.0 Å². The van der Waals surface area contributed by atoms with Crippen molar-refractivity contribution >= 4 is 49.2 Å². The van der Waals surface area contributed by atoms with Crippen LogP contribution >= 0.6 is 39.1 Å². The molecule has 21 heavy (non-hydrogen) atoms. The van der Waals surface area contributed by atoms with Gasteiger partial charge in [0.1, 0.15) is 4.90 Å². The summed E-state index contributed by atoms with van der Waals surface area (Å²) in [5.74, 6) is 0. The van der Waals surface area contributed by atoms with Gasteiger partial charge < -0.3 is 4.74 Å². The molecule has 0 aliphatic carbocycles. The molecule has 4 nitrogen and oxygen atoms in total. The first-order chi connectivity index (χ1) is 9.82. The summed E-state index contributed by atoms with van der Waals surface area (Å²) in [5, 5.41) is 0.205. The third kappa shape index (κ3) is 4.12. The Hall–Kier alpha value is 0.150. The number of ether oxygens (including phenoxy) is 1. The number of nitrogens with zero attached hydrogens (tertiary/aromatic N) is 1. The lowest BCUT2D eigenvalue weighted by atomic mass is 10.1. The standard InChI is InChI=1S/C13H16BrCl2NO3S/c1-17(8-10-4-2-3-5-20-10)21(18,19)13-11(15)6-9(14)7-12(13)16/h6-7,10H,2-5,8H2,1H3. The minimum Gasteiger partial charge on any atom is -0.377 e. The summed E-state index contributed by atoms with van der Waals surface area (Å²) in [6.07, 6.45) is 2.86. The Kier molecular flexibility index (Phi) is 5.96. The maximum absolute atomic E-state index is 12.6. The topological polar surface area (TPSA) is 46.6 Å². The van der Waals surface area contributed by atoms with Gasteiger partial charge >= 0.3 is 0 Å². The second-order valence-corrected chi connectivity index (χ2v) is 8.68. The van der Waals surface area contributed by atoms with Gasteiger partial charge in [0, 0.05) is 24.7 Å². The van der Waals surface area contributed by atoms with Crippen molar-refractivity contribution in [1.82, 2.24) is 4.31 Å². The van der Waals surface area contributed by atoms with Gasteiger partial charge in [-0.3, -0.25) is 0 Å². The fraction of sp³-hybridized carbons (Fsp3) is 0.538. The Morgan fingerprint density at radius 3 is 2.48 bits per heavy atom. The summed E-state index contributed by atoms with van der Waals surface area (Å²) in [4.78, 5) is -0.0626. The van der Waals surface area contributed by atoms with E-state index < -0.39 is 10.0 Å². The van der Waals surface area contributed by atoms with Crippen LogP contribution in [-0.2, 0) is 14.8 Å². The summed E-state index contributed by atoms with van der Waals surface area (Å²) in [5.41, 5.74) is 0. The van der Waals surface area contributed by atoms with Crippen LogP contribution in [0.25, 0.3) is 0 Å². The molecule has 2 rings (SSSR count). The molecule has 1 aliphatic rings. The average molecular weight is 417 g/mol. The van der Waals surface area contributed by atoms with E-state index in [1.807, 2.05) is 0 Å². The van der Waals surface area contributed by atoms with Crippen LogP contribution < -0.4 is 0 Å². The minimum absolute atomic E-state index is 0.0626. The summed E-state index contributed by atoms with van der Waals surface area (Å²) in [6, 6.07) is 3.04. The fourth-order valence-corrected chi connectivity index (χ4v) is 5.35. The highest BCUT2D eigenvalue weighted by Gasteiger charge is 2.29. The van der Waals surface area contributed by atoms with Crippen LogP contribution in [-0.4, -0.2) is 39.0 Å². The molecule has 1 aliphatic heterocycles. The Bertz CT molecular complexity index is 595. The predicted molar refractivity (Wildman–Crippen MR) is 87.6 cm³/mol. The SMILES string of the molecule is CN(CC1CCCCO1)S(=O)(=O)c1c(Cl)cc(Br)cc1Cl. The smallest absolute Gasteiger partial charge is 0.245 e. The maximum Gasteiger partial charge on any atom is 0.245 e. The molecule has 0 N–H and O–H groups in total. The molecule has 0 aromatic heterocycles. The number of sulfonamides is 1. The van der Waals surface area contributed by atoms with E-state index in [0.717, 1.165) is 19.3 Å². The molecular weight excluding hydrogens is 401 g/mol. The molecule has 0 spiro atoms. The van der Waals surface area contributed by atoms with Gasteiger partial charge in [-0.15, -0.1) is 0 Å². The van der Waals surface area contributed by atoms with Crippen molar-refractivity contribution in [2.45, 2.75) is 30.3 Å². The number of benzene rings is 1. The molecule has 1 aromatic carbocycles. The Balaban J connectivity index is 2.24. The molecule has 1 aromatic rings. The van der Waals surface area contributed by atoms with E-state index in [0.29, 0.717) is 17.6 Å². The van der Waals surface area contributed by atoms with E-state index in [1.54, 1.807) is 0 Å². The molecule has 8 heteroatoms.